The molecule has 19 heavy (non-hydrogen) atoms. The summed E-state index contributed by atoms with van der Waals surface area (Å²) in [6.07, 6.45) is 0. The molecule has 2 aliphatic rings. The van der Waals surface area contributed by atoms with Crippen LogP contribution in [0.25, 0.3) is 0 Å². The molecule has 0 atom stereocenters. The van der Waals surface area contributed by atoms with Crippen molar-refractivity contribution >= 4 is 17.4 Å². The standard InChI is InChI=1S/C13H13FN2O3/c14-9-1-2-11-10(7-9)12(17)13(18)16(11)8-15-3-5-19-6-4-15/h1-2,7H,3-6,8H2/p+1. The number of morpholine rings is 1. The molecule has 0 radical (unpaired) electrons. The molecule has 3 rings (SSSR count). The summed E-state index contributed by atoms with van der Waals surface area (Å²) in [5.74, 6) is -1.69. The van der Waals surface area contributed by atoms with Crippen LogP contribution >= 0.6 is 0 Å². The van der Waals surface area contributed by atoms with Crippen molar-refractivity contribution in [3.8, 4) is 0 Å². The number of ketones is 1. The average molecular weight is 265 g/mol. The summed E-state index contributed by atoms with van der Waals surface area (Å²) in [4.78, 5) is 26.4. The van der Waals surface area contributed by atoms with E-state index in [0.717, 1.165) is 19.2 Å². The van der Waals surface area contributed by atoms with Crippen LogP contribution in [-0.2, 0) is 9.53 Å². The number of ether oxygens (including phenoxy) is 1. The first kappa shape index (κ1) is 12.3. The van der Waals surface area contributed by atoms with Crippen LogP contribution in [-0.4, -0.2) is 44.7 Å². The van der Waals surface area contributed by atoms with E-state index >= 15 is 0 Å². The lowest BCUT2D eigenvalue weighted by Crippen LogP contribution is -3.15. The molecule has 1 aromatic carbocycles. The van der Waals surface area contributed by atoms with Gasteiger partial charge in [-0.15, -0.1) is 0 Å². The summed E-state index contributed by atoms with van der Waals surface area (Å²) in [5.41, 5.74) is 0.674. The average Bonchev–Trinajstić information content (AvgIpc) is 2.65. The molecule has 1 saturated heterocycles. The smallest absolute Gasteiger partial charge is 0.303 e. The van der Waals surface area contributed by atoms with Gasteiger partial charge in [-0.3, -0.25) is 14.5 Å². The number of hydrogen-bond donors (Lipinski definition) is 1. The summed E-state index contributed by atoms with van der Waals surface area (Å²) in [7, 11) is 0. The minimum absolute atomic E-state index is 0.164. The number of fused-ring (bicyclic) bond motifs is 1. The van der Waals surface area contributed by atoms with Crippen LogP contribution in [0, 0.1) is 5.82 Å². The Labute approximate surface area is 109 Å². The molecule has 1 amide bonds. The summed E-state index contributed by atoms with van der Waals surface area (Å²) in [5, 5.41) is 0. The van der Waals surface area contributed by atoms with E-state index in [4.69, 9.17) is 4.74 Å². The fourth-order valence-corrected chi connectivity index (χ4v) is 2.47. The second kappa shape index (κ2) is 4.71. The molecular formula is C13H14FN2O3+. The SMILES string of the molecule is O=C1C(=O)N(C[NH+]2CCOCC2)c2ccc(F)cc21. The van der Waals surface area contributed by atoms with Crippen LogP contribution in [0.1, 0.15) is 10.4 Å². The number of carbonyl (C=O) groups excluding carboxylic acids is 2. The highest BCUT2D eigenvalue weighted by molar-refractivity contribution is 6.52. The highest BCUT2D eigenvalue weighted by Gasteiger charge is 2.38. The van der Waals surface area contributed by atoms with Gasteiger partial charge in [-0.25, -0.2) is 4.39 Å². The van der Waals surface area contributed by atoms with E-state index in [1.165, 1.54) is 21.9 Å². The fraction of sp³-hybridized carbons (Fsp3) is 0.385. The number of nitrogens with zero attached hydrogens (tertiary/aromatic N) is 1. The van der Waals surface area contributed by atoms with Gasteiger partial charge in [-0.1, -0.05) is 0 Å². The molecule has 6 heteroatoms. The number of nitrogens with one attached hydrogen (secondary N) is 1. The number of halogens is 1. The Balaban J connectivity index is 1.86. The Kier molecular flexibility index (Phi) is 3.04. The molecule has 1 fully saturated rings. The van der Waals surface area contributed by atoms with Gasteiger partial charge in [0, 0.05) is 0 Å². The lowest BCUT2D eigenvalue weighted by Gasteiger charge is -2.27. The molecular weight excluding hydrogens is 251 g/mol. The van der Waals surface area contributed by atoms with Gasteiger partial charge in [0.15, 0.2) is 6.67 Å². The van der Waals surface area contributed by atoms with Crippen LogP contribution < -0.4 is 9.80 Å². The number of rotatable bonds is 2. The number of amides is 1. The Morgan fingerprint density at radius 3 is 2.74 bits per heavy atom. The number of Topliss-reactive ketones (excluding diaryl/α,β-unsaturated/α-hetero) is 1. The molecule has 0 bridgehead atoms. The third-order valence-electron chi connectivity index (χ3n) is 3.52. The monoisotopic (exact) mass is 265 g/mol. The maximum atomic E-state index is 13.1. The maximum absolute atomic E-state index is 13.1. The van der Waals surface area contributed by atoms with Gasteiger partial charge >= 0.3 is 5.91 Å². The van der Waals surface area contributed by atoms with Gasteiger partial charge in [0.1, 0.15) is 18.9 Å². The Morgan fingerprint density at radius 1 is 1.26 bits per heavy atom. The first-order valence-corrected chi connectivity index (χ1v) is 6.24. The molecule has 5 nitrogen and oxygen atoms in total. The third-order valence-corrected chi connectivity index (χ3v) is 3.52. The van der Waals surface area contributed by atoms with Crippen molar-refractivity contribution in [1.82, 2.24) is 0 Å². The Hall–Kier alpha value is -1.79. The fourth-order valence-electron chi connectivity index (χ4n) is 2.47. The first-order valence-electron chi connectivity index (χ1n) is 6.24. The number of quaternary nitrogens is 1. The van der Waals surface area contributed by atoms with Crippen molar-refractivity contribution in [2.24, 2.45) is 0 Å². The molecule has 0 spiro atoms. The van der Waals surface area contributed by atoms with Gasteiger partial charge in [0.2, 0.25) is 0 Å². The molecule has 1 aromatic rings. The van der Waals surface area contributed by atoms with E-state index in [0.29, 0.717) is 25.6 Å². The van der Waals surface area contributed by atoms with Gasteiger partial charge in [0.25, 0.3) is 5.78 Å². The predicted octanol–water partition coefficient (Wildman–Crippen LogP) is -0.772. The zero-order chi connectivity index (χ0) is 13.4. The molecule has 0 saturated carbocycles. The van der Waals surface area contributed by atoms with E-state index in [1.54, 1.807) is 0 Å². The molecule has 0 aromatic heterocycles. The highest BCUT2D eigenvalue weighted by Crippen LogP contribution is 2.28. The summed E-state index contributed by atoms with van der Waals surface area (Å²) >= 11 is 0. The number of hydrogen-bond acceptors (Lipinski definition) is 3. The molecule has 2 aliphatic heterocycles. The molecule has 100 valence electrons. The largest absolute Gasteiger partial charge is 0.370 e. The number of benzene rings is 1. The number of anilines is 1. The second-order valence-corrected chi connectivity index (χ2v) is 4.74. The molecule has 2 heterocycles. The van der Waals surface area contributed by atoms with E-state index in [2.05, 4.69) is 0 Å². The van der Waals surface area contributed by atoms with Crippen LogP contribution in [0.2, 0.25) is 0 Å². The van der Waals surface area contributed by atoms with E-state index in [1.807, 2.05) is 0 Å². The van der Waals surface area contributed by atoms with E-state index in [-0.39, 0.29) is 5.56 Å². The summed E-state index contributed by atoms with van der Waals surface area (Å²) in [6, 6.07) is 3.89. The van der Waals surface area contributed by atoms with Crippen molar-refractivity contribution in [2.75, 3.05) is 37.9 Å². The lowest BCUT2D eigenvalue weighted by molar-refractivity contribution is -0.906. The van der Waals surface area contributed by atoms with Gasteiger partial charge in [-0.2, -0.15) is 0 Å². The predicted molar refractivity (Wildman–Crippen MR) is 64.6 cm³/mol. The summed E-state index contributed by atoms with van der Waals surface area (Å²) in [6.45, 7) is 3.33. The highest BCUT2D eigenvalue weighted by atomic mass is 19.1. The van der Waals surface area contributed by atoms with Crippen molar-refractivity contribution in [3.05, 3.63) is 29.6 Å². The molecule has 0 aliphatic carbocycles. The Morgan fingerprint density at radius 2 is 2.00 bits per heavy atom. The minimum Gasteiger partial charge on any atom is -0.370 e. The zero-order valence-electron chi connectivity index (χ0n) is 10.3. The molecule has 0 unspecified atom stereocenters. The first-order chi connectivity index (χ1) is 9.16. The van der Waals surface area contributed by atoms with Crippen molar-refractivity contribution in [2.45, 2.75) is 0 Å². The summed E-state index contributed by atoms with van der Waals surface area (Å²) < 4.78 is 18.4. The van der Waals surface area contributed by atoms with Crippen LogP contribution in [0.3, 0.4) is 0 Å². The third kappa shape index (κ3) is 2.13. The van der Waals surface area contributed by atoms with Crippen molar-refractivity contribution < 1.29 is 23.6 Å². The van der Waals surface area contributed by atoms with Crippen LogP contribution in [0.15, 0.2) is 18.2 Å². The zero-order valence-corrected chi connectivity index (χ0v) is 10.3. The van der Waals surface area contributed by atoms with Crippen molar-refractivity contribution in [3.63, 3.8) is 0 Å². The Bertz CT molecular complexity index is 541. The van der Waals surface area contributed by atoms with Gasteiger partial charge in [0.05, 0.1) is 24.5 Å². The van der Waals surface area contributed by atoms with Crippen LogP contribution in [0.4, 0.5) is 10.1 Å². The van der Waals surface area contributed by atoms with E-state index in [9.17, 15) is 14.0 Å². The maximum Gasteiger partial charge on any atom is 0.303 e. The topological polar surface area (TPSA) is 51.0 Å². The van der Waals surface area contributed by atoms with E-state index < -0.39 is 17.5 Å². The van der Waals surface area contributed by atoms with Crippen LogP contribution in [0.5, 0.6) is 0 Å². The van der Waals surface area contributed by atoms with Gasteiger partial charge < -0.3 is 9.64 Å². The molecule has 1 N–H and O–H groups in total. The normalized spacial score (nSPS) is 19.9. The quantitative estimate of drug-likeness (QED) is 0.714. The number of carbonyl (C=O) groups is 2. The van der Waals surface area contributed by atoms with Crippen molar-refractivity contribution in [1.29, 1.82) is 0 Å². The second-order valence-electron chi connectivity index (χ2n) is 4.74. The lowest BCUT2D eigenvalue weighted by atomic mass is 10.1. The minimum atomic E-state index is -0.623. The van der Waals surface area contributed by atoms with Gasteiger partial charge in [-0.05, 0) is 18.2 Å².